The predicted molar refractivity (Wildman–Crippen MR) is 111 cm³/mol. The van der Waals surface area contributed by atoms with E-state index in [1.807, 2.05) is 36.4 Å². The lowest BCUT2D eigenvalue weighted by Crippen LogP contribution is -2.25. The van der Waals surface area contributed by atoms with E-state index in [1.54, 1.807) is 13.1 Å². The van der Waals surface area contributed by atoms with E-state index in [1.165, 1.54) is 0 Å². The topological polar surface area (TPSA) is 82.9 Å². The molecule has 0 aliphatic carbocycles. The first-order valence-corrected chi connectivity index (χ1v) is 9.20. The largest absolute Gasteiger partial charge is 0.273 e. The summed E-state index contributed by atoms with van der Waals surface area (Å²) in [7, 11) is 0. The van der Waals surface area contributed by atoms with Crippen LogP contribution in [0.3, 0.4) is 0 Å². The molecule has 1 atom stereocenters. The van der Waals surface area contributed by atoms with Crippen LogP contribution < -0.4 is 10.9 Å². The van der Waals surface area contributed by atoms with Crippen LogP contribution in [0.25, 0.3) is 21.5 Å². The first kappa shape index (κ1) is 17.9. The number of fused-ring (bicyclic) bond motifs is 2. The third-order valence-electron chi connectivity index (χ3n) is 5.02. The lowest BCUT2D eigenvalue weighted by molar-refractivity contribution is -0.123. The molecule has 0 aromatic heterocycles. The molecule has 0 radical (unpaired) electrons. The van der Waals surface area contributed by atoms with Gasteiger partial charge in [0.25, 0.3) is 0 Å². The Hall–Kier alpha value is -3.54. The highest BCUT2D eigenvalue weighted by molar-refractivity contribution is 6.13. The van der Waals surface area contributed by atoms with Gasteiger partial charge in [0, 0.05) is 17.7 Å². The van der Waals surface area contributed by atoms with E-state index in [0.717, 1.165) is 27.1 Å². The molecule has 0 spiro atoms. The highest BCUT2D eigenvalue weighted by Gasteiger charge is 2.26. The molecule has 0 saturated carbocycles. The monoisotopic (exact) mass is 372 g/mol. The second-order valence-corrected chi connectivity index (χ2v) is 6.85. The minimum atomic E-state index is -0.336. The first-order chi connectivity index (χ1) is 13.6. The van der Waals surface area contributed by atoms with Crippen LogP contribution in [-0.4, -0.2) is 23.7 Å². The van der Waals surface area contributed by atoms with Crippen LogP contribution in [-0.2, 0) is 9.59 Å². The zero-order valence-electron chi connectivity index (χ0n) is 15.5. The van der Waals surface area contributed by atoms with Crippen LogP contribution in [0, 0.1) is 5.92 Å². The van der Waals surface area contributed by atoms with Crippen LogP contribution >= 0.6 is 0 Å². The van der Waals surface area contributed by atoms with Crippen LogP contribution in [0.4, 0.5) is 0 Å². The minimum absolute atomic E-state index is 0.156. The summed E-state index contributed by atoms with van der Waals surface area (Å²) in [6.45, 7) is 1.78. The van der Waals surface area contributed by atoms with Gasteiger partial charge in [-0.3, -0.25) is 9.59 Å². The summed E-state index contributed by atoms with van der Waals surface area (Å²) < 4.78 is 0. The maximum absolute atomic E-state index is 12.1. The molecule has 0 saturated heterocycles. The molecule has 1 aliphatic heterocycles. The number of amides is 2. The smallest absolute Gasteiger partial charge is 0.248 e. The van der Waals surface area contributed by atoms with Gasteiger partial charge in [0.2, 0.25) is 11.8 Å². The van der Waals surface area contributed by atoms with Crippen molar-refractivity contribution in [2.45, 2.75) is 19.8 Å². The van der Waals surface area contributed by atoms with Crippen LogP contribution in [0.2, 0.25) is 0 Å². The van der Waals surface area contributed by atoms with Gasteiger partial charge in [-0.15, -0.1) is 0 Å². The molecule has 0 bridgehead atoms. The lowest BCUT2D eigenvalue weighted by Gasteiger charge is -2.08. The summed E-state index contributed by atoms with van der Waals surface area (Å²) in [6.07, 6.45) is 2.32. The Morgan fingerprint density at radius 2 is 1.79 bits per heavy atom. The Bertz CT molecular complexity index is 1080. The number of nitrogens with one attached hydrogen (secondary N) is 2. The number of hydrogen-bond donors (Lipinski definition) is 2. The van der Waals surface area contributed by atoms with Crippen LogP contribution in [0.1, 0.15) is 25.3 Å². The Morgan fingerprint density at radius 1 is 1.14 bits per heavy atom. The third-order valence-corrected chi connectivity index (χ3v) is 5.02. The maximum Gasteiger partial charge on any atom is 0.248 e. The average Bonchev–Trinajstić information content (AvgIpc) is 3.03. The van der Waals surface area contributed by atoms with Gasteiger partial charge in [-0.25, -0.2) is 10.9 Å². The summed E-state index contributed by atoms with van der Waals surface area (Å²) in [5.74, 6) is -0.721. The Labute approximate surface area is 162 Å². The Kier molecular flexibility index (Phi) is 4.85. The van der Waals surface area contributed by atoms with Gasteiger partial charge < -0.3 is 0 Å². The molecule has 3 aromatic rings. The van der Waals surface area contributed by atoms with Gasteiger partial charge in [0.15, 0.2) is 0 Å². The number of carbonyl (C=O) groups excluding carboxylic acids is 2. The molecule has 2 N–H and O–H groups in total. The van der Waals surface area contributed by atoms with E-state index < -0.39 is 0 Å². The van der Waals surface area contributed by atoms with Gasteiger partial charge in [0.05, 0.1) is 12.1 Å². The SMILES string of the molecule is CC1=NNC(=O)[C@H]1CCC(=O)N/N=C\c1c2ccccc2cc2ccccc12. The Morgan fingerprint density at radius 3 is 2.39 bits per heavy atom. The van der Waals surface area contributed by atoms with E-state index in [-0.39, 0.29) is 24.2 Å². The maximum atomic E-state index is 12.1. The number of hydrazone groups is 2. The molecule has 0 fully saturated rings. The van der Waals surface area contributed by atoms with Gasteiger partial charge in [-0.2, -0.15) is 10.2 Å². The average molecular weight is 372 g/mol. The van der Waals surface area contributed by atoms with Gasteiger partial charge in [0.1, 0.15) is 0 Å². The zero-order valence-corrected chi connectivity index (χ0v) is 15.5. The molecule has 140 valence electrons. The molecular weight excluding hydrogens is 352 g/mol. The number of nitrogens with zero attached hydrogens (tertiary/aromatic N) is 2. The summed E-state index contributed by atoms with van der Waals surface area (Å²) in [4.78, 5) is 23.8. The molecule has 0 unspecified atom stereocenters. The molecule has 4 rings (SSSR count). The molecule has 1 aliphatic rings. The fraction of sp³-hybridized carbons (Fsp3) is 0.182. The van der Waals surface area contributed by atoms with Crippen molar-refractivity contribution in [3.05, 3.63) is 60.2 Å². The normalized spacial score (nSPS) is 16.5. The van der Waals surface area contributed by atoms with Crippen molar-refractivity contribution in [1.29, 1.82) is 0 Å². The first-order valence-electron chi connectivity index (χ1n) is 9.20. The van der Waals surface area contributed by atoms with Crippen molar-refractivity contribution >= 4 is 45.3 Å². The van der Waals surface area contributed by atoms with Crippen molar-refractivity contribution in [3.8, 4) is 0 Å². The van der Waals surface area contributed by atoms with Crippen molar-refractivity contribution < 1.29 is 9.59 Å². The van der Waals surface area contributed by atoms with Crippen molar-refractivity contribution in [3.63, 3.8) is 0 Å². The molecule has 1 heterocycles. The fourth-order valence-corrected chi connectivity index (χ4v) is 3.52. The summed E-state index contributed by atoms with van der Waals surface area (Å²) >= 11 is 0. The number of rotatable bonds is 5. The van der Waals surface area contributed by atoms with Crippen molar-refractivity contribution in [2.24, 2.45) is 16.1 Å². The summed E-state index contributed by atoms with van der Waals surface area (Å²) in [5, 5.41) is 12.5. The minimum Gasteiger partial charge on any atom is -0.273 e. The number of hydrogen-bond acceptors (Lipinski definition) is 4. The van der Waals surface area contributed by atoms with Gasteiger partial charge in [-0.1, -0.05) is 48.5 Å². The third kappa shape index (κ3) is 3.49. The van der Waals surface area contributed by atoms with Gasteiger partial charge >= 0.3 is 0 Å². The highest BCUT2D eigenvalue weighted by Crippen LogP contribution is 2.27. The van der Waals surface area contributed by atoms with Crippen LogP contribution in [0.15, 0.2) is 64.8 Å². The molecule has 3 aromatic carbocycles. The molecular formula is C22H20N4O2. The van der Waals surface area contributed by atoms with E-state index >= 15 is 0 Å². The summed E-state index contributed by atoms with van der Waals surface area (Å²) in [5.41, 5.74) is 6.68. The summed E-state index contributed by atoms with van der Waals surface area (Å²) in [6, 6.07) is 18.4. The van der Waals surface area contributed by atoms with E-state index in [4.69, 9.17) is 0 Å². The molecule has 6 heteroatoms. The predicted octanol–water partition coefficient (Wildman–Crippen LogP) is 3.35. The quantitative estimate of drug-likeness (QED) is 0.409. The van der Waals surface area contributed by atoms with Crippen LogP contribution in [0.5, 0.6) is 0 Å². The fourth-order valence-electron chi connectivity index (χ4n) is 3.52. The van der Waals surface area contributed by atoms with Gasteiger partial charge in [-0.05, 0) is 41.0 Å². The molecule has 6 nitrogen and oxygen atoms in total. The number of carbonyl (C=O) groups is 2. The zero-order chi connectivity index (χ0) is 19.5. The number of benzene rings is 3. The standard InChI is InChI=1S/C22H20N4O2/c1-14-17(22(28)26-24-14)10-11-21(27)25-23-13-20-18-8-4-2-6-15(18)12-16-7-3-5-9-19(16)20/h2-9,12-13,17H,10-11H2,1H3,(H,25,27)(H,26,28)/b23-13-/t17-/m0/s1. The van der Waals surface area contributed by atoms with E-state index in [9.17, 15) is 9.59 Å². The Balaban J connectivity index is 1.51. The molecule has 2 amide bonds. The lowest BCUT2D eigenvalue weighted by atomic mass is 9.97. The van der Waals surface area contributed by atoms with E-state index in [2.05, 4.69) is 39.3 Å². The van der Waals surface area contributed by atoms with Crippen molar-refractivity contribution in [1.82, 2.24) is 10.9 Å². The second-order valence-electron chi connectivity index (χ2n) is 6.85. The molecule has 28 heavy (non-hydrogen) atoms. The second kappa shape index (κ2) is 7.60. The highest BCUT2D eigenvalue weighted by atomic mass is 16.2. The van der Waals surface area contributed by atoms with Crippen molar-refractivity contribution in [2.75, 3.05) is 0 Å². The van der Waals surface area contributed by atoms with E-state index in [0.29, 0.717) is 12.1 Å².